The lowest BCUT2D eigenvalue weighted by molar-refractivity contribution is 0.0185. The quantitative estimate of drug-likeness (QED) is 0.854. The fourth-order valence-electron chi connectivity index (χ4n) is 1.22. The van der Waals surface area contributed by atoms with Crippen molar-refractivity contribution in [3.63, 3.8) is 0 Å². The van der Waals surface area contributed by atoms with Crippen molar-refractivity contribution in [1.29, 1.82) is 0 Å². The summed E-state index contributed by atoms with van der Waals surface area (Å²) < 4.78 is 18.2. The topological polar surface area (TPSA) is 21.3 Å². The highest BCUT2D eigenvalue weighted by atomic mass is 35.5. The van der Waals surface area contributed by atoms with Crippen molar-refractivity contribution in [1.82, 2.24) is 0 Å². The van der Waals surface area contributed by atoms with Gasteiger partial charge in [-0.1, -0.05) is 11.6 Å². The zero-order chi connectivity index (χ0) is 12.2. The third-order valence-electron chi connectivity index (χ3n) is 2.53. The van der Waals surface area contributed by atoms with E-state index in [1.54, 1.807) is 19.2 Å². The van der Waals surface area contributed by atoms with Gasteiger partial charge in [0.05, 0.1) is 10.6 Å². The van der Waals surface area contributed by atoms with E-state index in [0.29, 0.717) is 0 Å². The lowest BCUT2D eigenvalue weighted by atomic mass is 10.1. The number of benzene rings is 1. The van der Waals surface area contributed by atoms with Gasteiger partial charge in [-0.05, 0) is 38.5 Å². The van der Waals surface area contributed by atoms with Crippen LogP contribution in [0.2, 0.25) is 5.02 Å². The molecule has 2 nitrogen and oxygen atoms in total. The Bertz CT molecular complexity index is 355. The van der Waals surface area contributed by atoms with Crippen LogP contribution in [0.1, 0.15) is 20.3 Å². The van der Waals surface area contributed by atoms with Crippen molar-refractivity contribution in [2.24, 2.45) is 0 Å². The van der Waals surface area contributed by atoms with Gasteiger partial charge >= 0.3 is 0 Å². The van der Waals surface area contributed by atoms with Gasteiger partial charge in [-0.3, -0.25) is 0 Å². The lowest BCUT2D eigenvalue weighted by Gasteiger charge is -2.23. The molecule has 0 amide bonds. The Balaban J connectivity index is 2.46. The molecule has 0 aromatic heterocycles. The second-order valence-corrected chi connectivity index (χ2v) is 4.68. The van der Waals surface area contributed by atoms with E-state index in [1.807, 2.05) is 13.8 Å². The first-order valence-electron chi connectivity index (χ1n) is 5.19. The summed E-state index contributed by atoms with van der Waals surface area (Å²) in [6.07, 6.45) is 0.860. The average Bonchev–Trinajstić information content (AvgIpc) is 2.23. The highest BCUT2D eigenvalue weighted by Gasteiger charge is 2.15. The fourth-order valence-corrected chi connectivity index (χ4v) is 1.40. The molecule has 0 unspecified atom stereocenters. The van der Waals surface area contributed by atoms with Crippen molar-refractivity contribution < 1.29 is 9.13 Å². The molecule has 1 rings (SSSR count). The number of ether oxygens (including phenoxy) is 1. The molecule has 0 aliphatic carbocycles. The van der Waals surface area contributed by atoms with Crippen LogP contribution in [0.15, 0.2) is 18.2 Å². The average molecular weight is 246 g/mol. The molecule has 0 heterocycles. The normalized spacial score (nSPS) is 11.6. The van der Waals surface area contributed by atoms with Gasteiger partial charge in [0.2, 0.25) is 0 Å². The van der Waals surface area contributed by atoms with E-state index < -0.39 is 5.82 Å². The van der Waals surface area contributed by atoms with E-state index in [9.17, 15) is 4.39 Å². The summed E-state index contributed by atoms with van der Waals surface area (Å²) in [6.45, 7) is 4.79. The van der Waals surface area contributed by atoms with Gasteiger partial charge < -0.3 is 10.1 Å². The number of hydrogen-bond acceptors (Lipinski definition) is 2. The second-order valence-electron chi connectivity index (χ2n) is 4.27. The zero-order valence-electron chi connectivity index (χ0n) is 9.81. The third-order valence-corrected chi connectivity index (χ3v) is 2.82. The molecule has 0 atom stereocenters. The number of rotatable bonds is 5. The maximum Gasteiger partial charge on any atom is 0.141 e. The van der Waals surface area contributed by atoms with Crippen LogP contribution in [-0.4, -0.2) is 19.3 Å². The highest BCUT2D eigenvalue weighted by Crippen LogP contribution is 2.20. The van der Waals surface area contributed by atoms with E-state index in [0.717, 1.165) is 18.7 Å². The van der Waals surface area contributed by atoms with Gasteiger partial charge in [-0.15, -0.1) is 0 Å². The first-order chi connectivity index (χ1) is 7.44. The first kappa shape index (κ1) is 13.3. The minimum Gasteiger partial charge on any atom is -0.385 e. The summed E-state index contributed by atoms with van der Waals surface area (Å²) in [4.78, 5) is 0. The number of nitrogens with one attached hydrogen (secondary N) is 1. The molecule has 0 bridgehead atoms. The minimum atomic E-state index is -0.399. The standard InChI is InChI=1S/C12H17ClFNO/c1-12(2,16-3)6-7-15-9-4-5-11(14)10(13)8-9/h4-5,8,15H,6-7H2,1-3H3. The van der Waals surface area contributed by atoms with Gasteiger partial charge in [0.1, 0.15) is 5.82 Å². The van der Waals surface area contributed by atoms with Crippen molar-refractivity contribution in [3.8, 4) is 0 Å². The largest absolute Gasteiger partial charge is 0.385 e. The highest BCUT2D eigenvalue weighted by molar-refractivity contribution is 6.31. The Morgan fingerprint density at radius 2 is 2.12 bits per heavy atom. The van der Waals surface area contributed by atoms with Crippen molar-refractivity contribution in [3.05, 3.63) is 29.0 Å². The van der Waals surface area contributed by atoms with Gasteiger partial charge in [-0.25, -0.2) is 4.39 Å². The van der Waals surface area contributed by atoms with Crippen molar-refractivity contribution in [2.75, 3.05) is 19.0 Å². The molecular weight excluding hydrogens is 229 g/mol. The number of methoxy groups -OCH3 is 1. The van der Waals surface area contributed by atoms with Crippen LogP contribution in [0.4, 0.5) is 10.1 Å². The third kappa shape index (κ3) is 3.99. The predicted octanol–water partition coefficient (Wildman–Crippen LogP) is 3.71. The molecule has 90 valence electrons. The Hall–Kier alpha value is -0.800. The molecule has 0 aliphatic rings. The smallest absolute Gasteiger partial charge is 0.141 e. The maximum absolute atomic E-state index is 12.9. The number of hydrogen-bond donors (Lipinski definition) is 1. The Morgan fingerprint density at radius 1 is 1.44 bits per heavy atom. The summed E-state index contributed by atoms with van der Waals surface area (Å²) in [5.74, 6) is -0.399. The van der Waals surface area contributed by atoms with E-state index in [2.05, 4.69) is 5.32 Å². The van der Waals surface area contributed by atoms with Crippen LogP contribution in [0.25, 0.3) is 0 Å². The summed E-state index contributed by atoms with van der Waals surface area (Å²) in [5, 5.41) is 3.31. The minimum absolute atomic E-state index is 0.135. The van der Waals surface area contributed by atoms with Crippen LogP contribution in [0.3, 0.4) is 0 Å². The maximum atomic E-state index is 12.9. The zero-order valence-corrected chi connectivity index (χ0v) is 10.6. The molecule has 16 heavy (non-hydrogen) atoms. The molecular formula is C12H17ClFNO. The molecule has 0 radical (unpaired) electrons. The summed E-state index contributed by atoms with van der Waals surface area (Å²) in [6, 6.07) is 4.60. The number of halogens is 2. The van der Waals surface area contributed by atoms with E-state index in [4.69, 9.17) is 16.3 Å². The van der Waals surface area contributed by atoms with Gasteiger partial charge in [0.15, 0.2) is 0 Å². The molecule has 0 spiro atoms. The van der Waals surface area contributed by atoms with Gasteiger partial charge in [-0.2, -0.15) is 0 Å². The Labute approximate surface area is 101 Å². The molecule has 0 fully saturated rings. The van der Waals surface area contributed by atoms with Crippen LogP contribution in [0, 0.1) is 5.82 Å². The van der Waals surface area contributed by atoms with E-state index in [-0.39, 0.29) is 10.6 Å². The Kier molecular flexibility index (Phi) is 4.56. The molecule has 1 aromatic rings. The van der Waals surface area contributed by atoms with Crippen LogP contribution < -0.4 is 5.32 Å². The van der Waals surface area contributed by atoms with Crippen LogP contribution >= 0.6 is 11.6 Å². The summed E-state index contributed by atoms with van der Waals surface area (Å²) in [5.41, 5.74) is 0.662. The molecule has 4 heteroatoms. The summed E-state index contributed by atoms with van der Waals surface area (Å²) >= 11 is 5.67. The van der Waals surface area contributed by atoms with Crippen molar-refractivity contribution in [2.45, 2.75) is 25.9 Å². The van der Waals surface area contributed by atoms with Crippen molar-refractivity contribution >= 4 is 17.3 Å². The predicted molar refractivity (Wildman–Crippen MR) is 65.6 cm³/mol. The lowest BCUT2D eigenvalue weighted by Crippen LogP contribution is -2.25. The molecule has 0 saturated carbocycles. The molecule has 1 aromatic carbocycles. The fraction of sp³-hybridized carbons (Fsp3) is 0.500. The second kappa shape index (κ2) is 5.51. The van der Waals surface area contributed by atoms with E-state index in [1.165, 1.54) is 6.07 Å². The van der Waals surface area contributed by atoms with E-state index >= 15 is 0 Å². The molecule has 0 aliphatic heterocycles. The van der Waals surface area contributed by atoms with Gasteiger partial charge in [0.25, 0.3) is 0 Å². The van der Waals surface area contributed by atoms with Crippen LogP contribution in [0.5, 0.6) is 0 Å². The first-order valence-corrected chi connectivity index (χ1v) is 5.56. The molecule has 1 N–H and O–H groups in total. The van der Waals surface area contributed by atoms with Crippen LogP contribution in [-0.2, 0) is 4.74 Å². The Morgan fingerprint density at radius 3 is 2.69 bits per heavy atom. The van der Waals surface area contributed by atoms with Gasteiger partial charge in [0, 0.05) is 19.3 Å². The summed E-state index contributed by atoms with van der Waals surface area (Å²) in [7, 11) is 1.69. The SMILES string of the molecule is COC(C)(C)CCNc1ccc(F)c(Cl)c1. The number of anilines is 1. The molecule has 0 saturated heterocycles. The monoisotopic (exact) mass is 245 g/mol.